The van der Waals surface area contributed by atoms with Crippen molar-refractivity contribution in [3.8, 4) is 5.75 Å². The second-order valence-corrected chi connectivity index (χ2v) is 6.61. The Kier molecular flexibility index (Phi) is 7.23. The molecule has 136 valence electrons. The number of carbonyl (C=O) groups is 1. The monoisotopic (exact) mass is 342 g/mol. The van der Waals surface area contributed by atoms with Crippen LogP contribution in [0.15, 0.2) is 35.5 Å². The van der Waals surface area contributed by atoms with Gasteiger partial charge < -0.3 is 9.64 Å². The summed E-state index contributed by atoms with van der Waals surface area (Å²) < 4.78 is 5.76. The standard InChI is InChI=1S/C21H30N2O2/c1-5-7-14-23(6-2)21(24)17(4)22-15-16(3)18-8-10-19(11-9-18)25-20-12-13-20/h8-11,15,20H,5-7,12-14H2,1-4H3/b16-15+,22-17?. The molecule has 0 aliphatic heterocycles. The Morgan fingerprint density at radius 1 is 1.24 bits per heavy atom. The smallest absolute Gasteiger partial charge is 0.267 e. The minimum Gasteiger partial charge on any atom is -0.490 e. The number of nitrogens with zero attached hydrogens (tertiary/aromatic N) is 2. The molecule has 1 saturated carbocycles. The molecule has 2 rings (SSSR count). The number of aliphatic imine (C=N–C) groups is 1. The molecule has 4 heteroatoms. The number of hydrogen-bond donors (Lipinski definition) is 0. The summed E-state index contributed by atoms with van der Waals surface area (Å²) in [6.07, 6.45) is 6.62. The second-order valence-electron chi connectivity index (χ2n) is 6.61. The van der Waals surface area contributed by atoms with Gasteiger partial charge in [-0.2, -0.15) is 0 Å². The van der Waals surface area contributed by atoms with Crippen molar-refractivity contribution < 1.29 is 9.53 Å². The molecule has 0 spiro atoms. The highest BCUT2D eigenvalue weighted by Crippen LogP contribution is 2.27. The van der Waals surface area contributed by atoms with Gasteiger partial charge in [0.15, 0.2) is 0 Å². The number of benzene rings is 1. The molecule has 1 aliphatic carbocycles. The first-order valence-corrected chi connectivity index (χ1v) is 9.32. The predicted octanol–water partition coefficient (Wildman–Crippen LogP) is 4.70. The van der Waals surface area contributed by atoms with E-state index in [4.69, 9.17) is 4.74 Å². The molecule has 1 aromatic carbocycles. The van der Waals surface area contributed by atoms with Crippen LogP contribution in [-0.2, 0) is 4.79 Å². The Bertz CT molecular complexity index is 628. The van der Waals surface area contributed by atoms with Gasteiger partial charge in [0.25, 0.3) is 5.91 Å². The number of rotatable bonds is 9. The summed E-state index contributed by atoms with van der Waals surface area (Å²) in [4.78, 5) is 18.7. The van der Waals surface area contributed by atoms with Gasteiger partial charge in [0.1, 0.15) is 11.5 Å². The third-order valence-corrected chi connectivity index (χ3v) is 4.35. The van der Waals surface area contributed by atoms with Gasteiger partial charge in [-0.1, -0.05) is 25.5 Å². The molecule has 1 fully saturated rings. The summed E-state index contributed by atoms with van der Waals surface area (Å²) in [6, 6.07) is 8.07. The fraction of sp³-hybridized carbons (Fsp3) is 0.524. The summed E-state index contributed by atoms with van der Waals surface area (Å²) in [5.41, 5.74) is 2.65. The van der Waals surface area contributed by atoms with Crippen LogP contribution in [0.3, 0.4) is 0 Å². The Morgan fingerprint density at radius 3 is 2.48 bits per heavy atom. The maximum Gasteiger partial charge on any atom is 0.267 e. The van der Waals surface area contributed by atoms with Crippen LogP contribution in [-0.4, -0.2) is 35.7 Å². The Labute approximate surface area is 151 Å². The minimum atomic E-state index is 0.0215. The largest absolute Gasteiger partial charge is 0.490 e. The first-order valence-electron chi connectivity index (χ1n) is 9.32. The SMILES string of the molecule is CCCCN(CC)C(=O)C(C)=N/C=C(\C)c1ccc(OC2CC2)cc1. The van der Waals surface area contributed by atoms with Crippen LogP contribution in [0.2, 0.25) is 0 Å². The molecule has 1 aromatic rings. The fourth-order valence-electron chi connectivity index (χ4n) is 2.48. The number of ether oxygens (including phenoxy) is 1. The number of carbonyl (C=O) groups excluding carboxylic acids is 1. The van der Waals surface area contributed by atoms with E-state index < -0.39 is 0 Å². The Balaban J connectivity index is 1.99. The second kappa shape index (κ2) is 9.40. The van der Waals surface area contributed by atoms with Crippen molar-refractivity contribution in [1.29, 1.82) is 0 Å². The van der Waals surface area contributed by atoms with Crippen molar-refractivity contribution >= 4 is 17.2 Å². The van der Waals surface area contributed by atoms with Crippen LogP contribution >= 0.6 is 0 Å². The van der Waals surface area contributed by atoms with E-state index in [0.29, 0.717) is 11.8 Å². The fourth-order valence-corrected chi connectivity index (χ4v) is 2.48. The summed E-state index contributed by atoms with van der Waals surface area (Å²) in [5, 5.41) is 0. The van der Waals surface area contributed by atoms with Crippen LogP contribution in [0, 0.1) is 0 Å². The Morgan fingerprint density at radius 2 is 1.92 bits per heavy atom. The summed E-state index contributed by atoms with van der Waals surface area (Å²) in [5.74, 6) is 0.941. The topological polar surface area (TPSA) is 41.9 Å². The van der Waals surface area contributed by atoms with Gasteiger partial charge in [0.2, 0.25) is 0 Å². The maximum atomic E-state index is 12.4. The van der Waals surface area contributed by atoms with Crippen molar-refractivity contribution in [2.45, 2.75) is 59.5 Å². The van der Waals surface area contributed by atoms with Crippen molar-refractivity contribution in [3.63, 3.8) is 0 Å². The zero-order valence-electron chi connectivity index (χ0n) is 15.9. The first-order chi connectivity index (χ1) is 12.0. The summed E-state index contributed by atoms with van der Waals surface area (Å²) in [6.45, 7) is 9.44. The third kappa shape index (κ3) is 6.04. The van der Waals surface area contributed by atoms with Gasteiger partial charge in [-0.3, -0.25) is 9.79 Å². The lowest BCUT2D eigenvalue weighted by Crippen LogP contribution is -2.36. The molecule has 0 atom stereocenters. The Hall–Kier alpha value is -2.10. The van der Waals surface area contributed by atoms with E-state index in [9.17, 15) is 4.79 Å². The molecule has 0 N–H and O–H groups in total. The normalized spacial score (nSPS) is 15.2. The number of allylic oxidation sites excluding steroid dienone is 1. The average Bonchev–Trinajstić information content (AvgIpc) is 3.44. The molecule has 4 nitrogen and oxygen atoms in total. The van der Waals surface area contributed by atoms with Gasteiger partial charge in [-0.15, -0.1) is 0 Å². The molecule has 0 unspecified atom stereocenters. The highest BCUT2D eigenvalue weighted by molar-refractivity contribution is 6.38. The third-order valence-electron chi connectivity index (χ3n) is 4.35. The molecular formula is C21H30N2O2. The van der Waals surface area contributed by atoms with Gasteiger partial charge in [0.05, 0.1) is 6.10 Å². The van der Waals surface area contributed by atoms with Crippen molar-refractivity contribution in [2.24, 2.45) is 4.99 Å². The average molecular weight is 342 g/mol. The maximum absolute atomic E-state index is 12.4. The van der Waals surface area contributed by atoms with E-state index in [1.165, 1.54) is 0 Å². The molecule has 1 amide bonds. The highest BCUT2D eigenvalue weighted by Gasteiger charge is 2.23. The molecular weight excluding hydrogens is 312 g/mol. The van der Waals surface area contributed by atoms with Crippen molar-refractivity contribution in [3.05, 3.63) is 36.0 Å². The predicted molar refractivity (Wildman–Crippen MR) is 104 cm³/mol. The number of amides is 1. The van der Waals surface area contributed by atoms with Crippen LogP contribution in [0.25, 0.3) is 5.57 Å². The zero-order valence-corrected chi connectivity index (χ0v) is 15.9. The lowest BCUT2D eigenvalue weighted by atomic mass is 10.1. The quantitative estimate of drug-likeness (QED) is 0.611. The molecule has 0 bridgehead atoms. The highest BCUT2D eigenvalue weighted by atomic mass is 16.5. The van der Waals surface area contributed by atoms with Crippen molar-refractivity contribution in [2.75, 3.05) is 13.1 Å². The molecule has 25 heavy (non-hydrogen) atoms. The first kappa shape index (κ1) is 19.2. The van der Waals surface area contributed by atoms with E-state index in [0.717, 1.165) is 55.7 Å². The van der Waals surface area contributed by atoms with E-state index in [1.54, 1.807) is 13.1 Å². The van der Waals surface area contributed by atoms with Crippen LogP contribution in [0.5, 0.6) is 5.75 Å². The number of unbranched alkanes of at least 4 members (excludes halogenated alkanes) is 1. The van der Waals surface area contributed by atoms with E-state index >= 15 is 0 Å². The summed E-state index contributed by atoms with van der Waals surface area (Å²) >= 11 is 0. The minimum absolute atomic E-state index is 0.0215. The van der Waals surface area contributed by atoms with Crippen molar-refractivity contribution in [1.82, 2.24) is 4.90 Å². The van der Waals surface area contributed by atoms with Gasteiger partial charge in [-0.05, 0) is 63.3 Å². The van der Waals surface area contributed by atoms with E-state index in [-0.39, 0.29) is 5.91 Å². The van der Waals surface area contributed by atoms with Crippen LogP contribution in [0.4, 0.5) is 0 Å². The molecule has 0 heterocycles. The van der Waals surface area contributed by atoms with Gasteiger partial charge in [-0.25, -0.2) is 0 Å². The molecule has 0 aromatic heterocycles. The molecule has 1 aliphatic rings. The molecule has 0 saturated heterocycles. The lowest BCUT2D eigenvalue weighted by Gasteiger charge is -2.20. The van der Waals surface area contributed by atoms with Gasteiger partial charge in [0, 0.05) is 19.3 Å². The summed E-state index contributed by atoms with van der Waals surface area (Å²) in [7, 11) is 0. The van der Waals surface area contributed by atoms with Gasteiger partial charge >= 0.3 is 0 Å². The zero-order chi connectivity index (χ0) is 18.2. The van der Waals surface area contributed by atoms with Crippen LogP contribution < -0.4 is 4.74 Å². The van der Waals surface area contributed by atoms with Crippen LogP contribution in [0.1, 0.15) is 58.9 Å². The van der Waals surface area contributed by atoms with E-state index in [1.807, 2.05) is 43.0 Å². The van der Waals surface area contributed by atoms with E-state index in [2.05, 4.69) is 11.9 Å². The lowest BCUT2D eigenvalue weighted by molar-refractivity contribution is -0.124. The number of hydrogen-bond acceptors (Lipinski definition) is 3. The molecule has 0 radical (unpaired) electrons.